The minimum Gasteiger partial charge on any atom is -0.407 e. The van der Waals surface area contributed by atoms with E-state index in [0.29, 0.717) is 6.61 Å². The molecule has 0 heterocycles. The Hall–Kier alpha value is -0.803. The largest absolute Gasteiger partial charge is 0.407 e. The van der Waals surface area contributed by atoms with Gasteiger partial charge >= 0.3 is 0 Å². The van der Waals surface area contributed by atoms with E-state index in [9.17, 15) is 0 Å². The van der Waals surface area contributed by atoms with Crippen LogP contribution in [-0.4, -0.2) is 25.7 Å². The van der Waals surface area contributed by atoms with Gasteiger partial charge in [0.15, 0.2) is 0 Å². The van der Waals surface area contributed by atoms with Crippen molar-refractivity contribution >= 4 is 41.9 Å². The van der Waals surface area contributed by atoms with Gasteiger partial charge < -0.3 is 4.43 Å². The lowest BCUT2D eigenvalue weighted by molar-refractivity contribution is 0.287. The highest BCUT2D eigenvalue weighted by Crippen LogP contribution is 2.36. The van der Waals surface area contributed by atoms with Crippen LogP contribution in [0.4, 0.5) is 0 Å². The highest BCUT2D eigenvalue weighted by Gasteiger charge is 2.49. The minimum atomic E-state index is -2.42. The molecule has 0 N–H and O–H groups in total. The molecule has 0 fully saturated rings. The Morgan fingerprint density at radius 3 is 1.73 bits per heavy atom. The van der Waals surface area contributed by atoms with Gasteiger partial charge in [-0.05, 0) is 35.2 Å². The van der Waals surface area contributed by atoms with Crippen molar-refractivity contribution < 1.29 is 4.43 Å². The third-order valence-electron chi connectivity index (χ3n) is 4.86. The van der Waals surface area contributed by atoms with Crippen LogP contribution in [0.5, 0.6) is 0 Å². The Kier molecular flexibility index (Phi) is 7.78. The summed E-state index contributed by atoms with van der Waals surface area (Å²) in [6, 6.07) is 21.4. The normalized spacial score (nSPS) is 14.8. The van der Waals surface area contributed by atoms with Gasteiger partial charge in [0.2, 0.25) is 0 Å². The van der Waals surface area contributed by atoms with Gasteiger partial charge in [0, 0.05) is 17.4 Å². The minimum absolute atomic E-state index is 0.00977. The van der Waals surface area contributed by atoms with Gasteiger partial charge in [0.05, 0.1) is 0 Å². The molecule has 0 amide bonds. The SMILES string of the molecule is C[C@@H](Cl)[C@H](Cl)CCCO[Si](c1ccccc1)(c1ccccc1)C(C)(C)C. The Morgan fingerprint density at radius 1 is 0.885 bits per heavy atom. The maximum absolute atomic E-state index is 6.83. The average molecular weight is 409 g/mol. The van der Waals surface area contributed by atoms with Gasteiger partial charge in [-0.25, -0.2) is 0 Å². The molecule has 0 saturated carbocycles. The van der Waals surface area contributed by atoms with Gasteiger partial charge in [0.1, 0.15) is 0 Å². The summed E-state index contributed by atoms with van der Waals surface area (Å²) in [6.45, 7) is 9.53. The molecule has 0 bridgehead atoms. The van der Waals surface area contributed by atoms with Crippen molar-refractivity contribution in [1.29, 1.82) is 0 Å². The molecule has 142 valence electrons. The lowest BCUT2D eigenvalue weighted by Gasteiger charge is -2.43. The van der Waals surface area contributed by atoms with E-state index in [1.54, 1.807) is 0 Å². The highest BCUT2D eigenvalue weighted by molar-refractivity contribution is 6.99. The summed E-state index contributed by atoms with van der Waals surface area (Å²) < 4.78 is 6.83. The van der Waals surface area contributed by atoms with E-state index in [1.165, 1.54) is 10.4 Å². The quantitative estimate of drug-likeness (QED) is 0.314. The molecule has 4 heteroatoms. The first-order chi connectivity index (χ1) is 12.3. The van der Waals surface area contributed by atoms with Crippen LogP contribution in [0.15, 0.2) is 60.7 Å². The first kappa shape index (κ1) is 21.5. The van der Waals surface area contributed by atoms with Crippen LogP contribution in [0.25, 0.3) is 0 Å². The molecule has 2 rings (SSSR count). The Balaban J connectivity index is 2.35. The molecule has 0 spiro atoms. The third kappa shape index (κ3) is 4.92. The predicted molar refractivity (Wildman–Crippen MR) is 118 cm³/mol. The molecule has 0 aromatic heterocycles. The second kappa shape index (κ2) is 9.41. The van der Waals surface area contributed by atoms with Gasteiger partial charge in [0.25, 0.3) is 8.32 Å². The number of hydrogen-bond donors (Lipinski definition) is 0. The monoisotopic (exact) mass is 408 g/mol. The fraction of sp³-hybridized carbons (Fsp3) is 0.455. The van der Waals surface area contributed by atoms with Crippen LogP contribution in [-0.2, 0) is 4.43 Å². The maximum Gasteiger partial charge on any atom is 0.261 e. The molecule has 0 radical (unpaired) electrons. The second-order valence-electron chi connectivity index (χ2n) is 7.85. The summed E-state index contributed by atoms with van der Waals surface area (Å²) in [5.41, 5.74) is 0. The van der Waals surface area contributed by atoms with Gasteiger partial charge in [-0.2, -0.15) is 0 Å². The smallest absolute Gasteiger partial charge is 0.261 e. The van der Waals surface area contributed by atoms with E-state index >= 15 is 0 Å². The summed E-state index contributed by atoms with van der Waals surface area (Å²) in [6.07, 6.45) is 1.78. The summed E-state index contributed by atoms with van der Waals surface area (Å²) in [5.74, 6) is 0. The van der Waals surface area contributed by atoms with Crippen molar-refractivity contribution in [1.82, 2.24) is 0 Å². The first-order valence-corrected chi connectivity index (χ1v) is 12.1. The number of halogens is 2. The van der Waals surface area contributed by atoms with Crippen LogP contribution in [0.3, 0.4) is 0 Å². The number of rotatable bonds is 8. The Bertz CT molecular complexity index is 613. The van der Waals surface area contributed by atoms with Crippen LogP contribution in [0, 0.1) is 0 Å². The summed E-state index contributed by atoms with van der Waals surface area (Å²) >= 11 is 12.4. The second-order valence-corrected chi connectivity index (χ2v) is 13.4. The fourth-order valence-electron chi connectivity index (χ4n) is 3.49. The molecular formula is C22H30Cl2OSi. The summed E-state index contributed by atoms with van der Waals surface area (Å²) in [7, 11) is -2.42. The molecule has 0 aliphatic carbocycles. The van der Waals surface area contributed by atoms with E-state index in [-0.39, 0.29) is 15.8 Å². The zero-order valence-electron chi connectivity index (χ0n) is 16.2. The molecule has 2 atom stereocenters. The predicted octanol–water partition coefficient (Wildman–Crippen LogP) is 5.58. The fourth-order valence-corrected chi connectivity index (χ4v) is 8.38. The molecule has 0 unspecified atom stereocenters. The summed E-state index contributed by atoms with van der Waals surface area (Å²) in [5, 5.41) is 2.60. The van der Waals surface area contributed by atoms with Crippen molar-refractivity contribution in [2.45, 2.75) is 56.3 Å². The molecule has 0 aliphatic heterocycles. The number of hydrogen-bond acceptors (Lipinski definition) is 1. The van der Waals surface area contributed by atoms with E-state index < -0.39 is 8.32 Å². The zero-order valence-corrected chi connectivity index (χ0v) is 18.7. The van der Waals surface area contributed by atoms with E-state index in [0.717, 1.165) is 12.8 Å². The molecule has 26 heavy (non-hydrogen) atoms. The zero-order chi connectivity index (χ0) is 19.2. The molecule has 2 aromatic rings. The van der Waals surface area contributed by atoms with E-state index in [4.69, 9.17) is 27.6 Å². The highest BCUT2D eigenvalue weighted by atomic mass is 35.5. The van der Waals surface area contributed by atoms with Crippen LogP contribution in [0.2, 0.25) is 5.04 Å². The lowest BCUT2D eigenvalue weighted by atomic mass is 10.2. The standard InChI is InChI=1S/C22H30Cl2OSi/c1-18(23)21(24)16-11-17-25-26(22(2,3)4,19-12-7-5-8-13-19)20-14-9-6-10-15-20/h5-10,12-15,18,21H,11,16-17H2,1-4H3/t18-,21-/m1/s1. The van der Waals surface area contributed by atoms with Crippen molar-refractivity contribution in [2.75, 3.05) is 6.61 Å². The van der Waals surface area contributed by atoms with Crippen LogP contribution >= 0.6 is 23.2 Å². The molecule has 0 saturated heterocycles. The van der Waals surface area contributed by atoms with Crippen LogP contribution in [0.1, 0.15) is 40.5 Å². The van der Waals surface area contributed by atoms with Crippen LogP contribution < -0.4 is 10.4 Å². The van der Waals surface area contributed by atoms with Gasteiger partial charge in [-0.1, -0.05) is 81.4 Å². The van der Waals surface area contributed by atoms with Crippen molar-refractivity contribution in [2.24, 2.45) is 0 Å². The van der Waals surface area contributed by atoms with E-state index in [2.05, 4.69) is 81.4 Å². The first-order valence-electron chi connectivity index (χ1n) is 9.32. The lowest BCUT2D eigenvalue weighted by Crippen LogP contribution is -2.66. The average Bonchev–Trinajstić information content (AvgIpc) is 2.62. The third-order valence-corrected chi connectivity index (χ3v) is 10.9. The van der Waals surface area contributed by atoms with Gasteiger partial charge in [-0.3, -0.25) is 0 Å². The Morgan fingerprint density at radius 2 is 1.35 bits per heavy atom. The van der Waals surface area contributed by atoms with Crippen molar-refractivity contribution in [3.63, 3.8) is 0 Å². The van der Waals surface area contributed by atoms with Gasteiger partial charge in [-0.15, -0.1) is 23.2 Å². The Labute approximate surface area is 169 Å². The maximum atomic E-state index is 6.83. The van der Waals surface area contributed by atoms with Crippen molar-refractivity contribution in [3.8, 4) is 0 Å². The molecule has 1 nitrogen and oxygen atoms in total. The number of alkyl halides is 2. The summed E-state index contributed by atoms with van der Waals surface area (Å²) in [4.78, 5) is 0. The van der Waals surface area contributed by atoms with E-state index in [1.807, 2.05) is 6.92 Å². The molecular weight excluding hydrogens is 379 g/mol. The molecule has 0 aliphatic rings. The van der Waals surface area contributed by atoms with Crippen molar-refractivity contribution in [3.05, 3.63) is 60.7 Å². The number of benzene rings is 2. The topological polar surface area (TPSA) is 9.23 Å². The molecule has 2 aromatic carbocycles.